The summed E-state index contributed by atoms with van der Waals surface area (Å²) in [6.45, 7) is 0. The van der Waals surface area contributed by atoms with E-state index < -0.39 is 0 Å². The predicted octanol–water partition coefficient (Wildman–Crippen LogP) is 2.26. The molecule has 2 aromatic rings. The van der Waals surface area contributed by atoms with E-state index >= 15 is 0 Å². The fourth-order valence-corrected chi connectivity index (χ4v) is 2.77. The number of pyridine rings is 2. The summed E-state index contributed by atoms with van der Waals surface area (Å²) in [5.41, 5.74) is 2.37. The van der Waals surface area contributed by atoms with Crippen LogP contribution in [0.4, 0.5) is 0 Å². The van der Waals surface area contributed by atoms with E-state index in [0.29, 0.717) is 18.0 Å². The zero-order valence-electron chi connectivity index (χ0n) is 8.24. The van der Waals surface area contributed by atoms with E-state index in [9.17, 15) is 0 Å². The summed E-state index contributed by atoms with van der Waals surface area (Å²) >= 11 is 0.668. The van der Waals surface area contributed by atoms with Crippen molar-refractivity contribution in [1.29, 1.82) is 0 Å². The van der Waals surface area contributed by atoms with Gasteiger partial charge in [0.25, 0.3) is 0 Å². The second-order valence-corrected chi connectivity index (χ2v) is 4.90. The normalized spacial score (nSPS) is 10.4. The molecule has 2 heterocycles. The second kappa shape index (κ2) is 5.75. The zero-order chi connectivity index (χ0) is 10.3. The molecule has 2 rings (SSSR count). The number of rotatable bonds is 4. The van der Waals surface area contributed by atoms with Crippen LogP contribution < -0.4 is 0 Å². The van der Waals surface area contributed by atoms with Crippen molar-refractivity contribution in [3.8, 4) is 0 Å². The fraction of sp³-hybridized carbons (Fsp3) is 0.167. The molecule has 0 saturated carbocycles. The summed E-state index contributed by atoms with van der Waals surface area (Å²) < 4.78 is 0. The number of nitrogens with zero attached hydrogens (tertiary/aromatic N) is 2. The Morgan fingerprint density at radius 2 is 1.33 bits per heavy atom. The molecule has 0 spiro atoms. The van der Waals surface area contributed by atoms with Crippen molar-refractivity contribution in [2.75, 3.05) is 0 Å². The second-order valence-electron chi connectivity index (χ2n) is 3.02. The zero-order valence-corrected chi connectivity index (χ0v) is 9.80. The molecule has 0 aliphatic rings. The van der Waals surface area contributed by atoms with E-state index in [2.05, 4.69) is 22.1 Å². The van der Waals surface area contributed by atoms with Gasteiger partial charge in [0, 0.05) is 0 Å². The molecule has 0 aliphatic carbocycles. The van der Waals surface area contributed by atoms with Crippen molar-refractivity contribution in [3.63, 3.8) is 0 Å². The van der Waals surface area contributed by atoms with Crippen LogP contribution in [-0.4, -0.2) is 9.97 Å². The Morgan fingerprint density at radius 3 is 1.73 bits per heavy atom. The molecular formula is C12H12N2Pd. The van der Waals surface area contributed by atoms with Crippen LogP contribution in [0, 0.1) is 0 Å². The van der Waals surface area contributed by atoms with Crippen LogP contribution in [0.1, 0.15) is 11.4 Å². The molecule has 0 N–H and O–H groups in total. The van der Waals surface area contributed by atoms with Crippen molar-refractivity contribution < 1.29 is 18.0 Å². The molecule has 0 aromatic carbocycles. The molecule has 0 bridgehead atoms. The summed E-state index contributed by atoms with van der Waals surface area (Å²) in [6, 6.07) is 12.1. The maximum atomic E-state index is 4.30. The van der Waals surface area contributed by atoms with Gasteiger partial charge in [-0.2, -0.15) is 0 Å². The third-order valence-corrected chi connectivity index (χ3v) is 3.74. The van der Waals surface area contributed by atoms with E-state index in [1.807, 2.05) is 36.7 Å². The average Bonchev–Trinajstić information content (AvgIpc) is 2.32. The molecule has 0 unspecified atom stereocenters. The first kappa shape index (κ1) is 10.5. The van der Waals surface area contributed by atoms with Crippen molar-refractivity contribution in [3.05, 3.63) is 60.2 Å². The van der Waals surface area contributed by atoms with Gasteiger partial charge in [-0.05, 0) is 0 Å². The van der Waals surface area contributed by atoms with Crippen LogP contribution in [-0.2, 0) is 27.8 Å². The van der Waals surface area contributed by atoms with Crippen LogP contribution >= 0.6 is 0 Å². The third-order valence-electron chi connectivity index (χ3n) is 1.84. The molecular weight excluding hydrogens is 279 g/mol. The van der Waals surface area contributed by atoms with E-state index in [1.165, 1.54) is 11.4 Å². The van der Waals surface area contributed by atoms with Gasteiger partial charge in [0.05, 0.1) is 0 Å². The monoisotopic (exact) mass is 290 g/mol. The Hall–Kier alpha value is -1.04. The molecule has 0 fully saturated rings. The van der Waals surface area contributed by atoms with Gasteiger partial charge < -0.3 is 0 Å². The molecule has 3 heteroatoms. The summed E-state index contributed by atoms with van der Waals surface area (Å²) in [4.78, 5) is 10.8. The van der Waals surface area contributed by atoms with Gasteiger partial charge in [-0.1, -0.05) is 0 Å². The first-order valence-corrected chi connectivity index (χ1v) is 6.89. The first-order chi connectivity index (χ1) is 7.45. The van der Waals surface area contributed by atoms with Gasteiger partial charge >= 0.3 is 97.9 Å². The Labute approximate surface area is 97.9 Å². The summed E-state index contributed by atoms with van der Waals surface area (Å²) in [7, 11) is 0. The SMILES string of the molecule is c1ccc([CH2][Pd][CH2]c2ccccn2)nc1. The van der Waals surface area contributed by atoms with Crippen LogP contribution in [0.25, 0.3) is 0 Å². The standard InChI is InChI=1S/2C6H6N.Pd/c2*1-6-4-2-3-5-7-6;/h2*2-5H,1H2;. The Bertz CT molecular complexity index is 349. The van der Waals surface area contributed by atoms with Crippen LogP contribution in [0.5, 0.6) is 0 Å². The van der Waals surface area contributed by atoms with E-state index in [1.54, 1.807) is 0 Å². The number of hydrogen-bond donors (Lipinski definition) is 0. The van der Waals surface area contributed by atoms with Crippen molar-refractivity contribution in [2.45, 2.75) is 9.79 Å². The number of hydrogen-bond acceptors (Lipinski definition) is 2. The summed E-state index contributed by atoms with van der Waals surface area (Å²) in [5.74, 6) is 0. The predicted molar refractivity (Wildman–Crippen MR) is 55.9 cm³/mol. The van der Waals surface area contributed by atoms with Crippen molar-refractivity contribution in [2.24, 2.45) is 0 Å². The molecule has 2 nitrogen and oxygen atoms in total. The van der Waals surface area contributed by atoms with Gasteiger partial charge in [-0.3, -0.25) is 0 Å². The molecule has 0 amide bonds. The van der Waals surface area contributed by atoms with Gasteiger partial charge in [-0.25, -0.2) is 0 Å². The van der Waals surface area contributed by atoms with Crippen molar-refractivity contribution in [1.82, 2.24) is 9.97 Å². The van der Waals surface area contributed by atoms with Crippen LogP contribution in [0.15, 0.2) is 48.8 Å². The van der Waals surface area contributed by atoms with E-state index in [0.717, 1.165) is 9.79 Å². The third kappa shape index (κ3) is 3.54. The molecule has 0 atom stereocenters. The van der Waals surface area contributed by atoms with Gasteiger partial charge in [0.2, 0.25) is 0 Å². The Kier molecular flexibility index (Phi) is 4.02. The van der Waals surface area contributed by atoms with E-state index in [-0.39, 0.29) is 0 Å². The topological polar surface area (TPSA) is 25.8 Å². The maximum absolute atomic E-state index is 4.30. The van der Waals surface area contributed by atoms with E-state index in [4.69, 9.17) is 0 Å². The van der Waals surface area contributed by atoms with Crippen LogP contribution in [0.2, 0.25) is 0 Å². The Morgan fingerprint density at radius 1 is 0.800 bits per heavy atom. The minimum absolute atomic E-state index is 0.668. The minimum atomic E-state index is 0.668. The van der Waals surface area contributed by atoms with Crippen LogP contribution in [0.3, 0.4) is 0 Å². The molecule has 0 radical (unpaired) electrons. The molecule has 80 valence electrons. The summed E-state index contributed by atoms with van der Waals surface area (Å²) in [5, 5.41) is 0. The Balaban J connectivity index is 1.81. The molecule has 0 aliphatic heterocycles. The van der Waals surface area contributed by atoms with Gasteiger partial charge in [-0.15, -0.1) is 0 Å². The summed E-state index contributed by atoms with van der Waals surface area (Å²) in [6.07, 6.45) is 3.70. The average molecular weight is 291 g/mol. The van der Waals surface area contributed by atoms with Gasteiger partial charge in [0.1, 0.15) is 0 Å². The van der Waals surface area contributed by atoms with Crippen molar-refractivity contribution >= 4 is 0 Å². The molecule has 15 heavy (non-hydrogen) atoms. The quantitative estimate of drug-likeness (QED) is 0.807. The first-order valence-electron chi connectivity index (χ1n) is 4.70. The molecule has 0 saturated heterocycles. The number of aromatic nitrogens is 2. The molecule has 2 aromatic heterocycles. The fourth-order valence-electron chi connectivity index (χ4n) is 1.13. The van der Waals surface area contributed by atoms with Gasteiger partial charge in [0.15, 0.2) is 0 Å².